The number of nitrogens with two attached hydrogens (primary N) is 1. The number of aromatic nitrogens is 2. The van der Waals surface area contributed by atoms with Crippen LogP contribution in [0.1, 0.15) is 5.69 Å². The molecule has 1 aromatic carbocycles. The first-order valence-electron chi connectivity index (χ1n) is 5.43. The molecule has 0 fully saturated rings. The van der Waals surface area contributed by atoms with E-state index in [4.69, 9.17) is 5.73 Å². The Morgan fingerprint density at radius 3 is 3.00 bits per heavy atom. The van der Waals surface area contributed by atoms with E-state index in [0.29, 0.717) is 6.54 Å². The molecule has 0 aliphatic heterocycles. The maximum atomic E-state index is 5.61. The van der Waals surface area contributed by atoms with Gasteiger partial charge >= 0.3 is 0 Å². The Kier molecular flexibility index (Phi) is 2.11. The number of hydrogen-bond donors (Lipinski definition) is 2. The maximum Gasteiger partial charge on any atom is 0.0709 e. The third-order valence-corrected chi connectivity index (χ3v) is 2.91. The number of hydrogen-bond acceptors (Lipinski definition) is 2. The lowest BCUT2D eigenvalue weighted by molar-refractivity contribution is 0.935. The highest BCUT2D eigenvalue weighted by molar-refractivity contribution is 5.97. The molecule has 3 nitrogen and oxygen atoms in total. The van der Waals surface area contributed by atoms with E-state index in [9.17, 15) is 0 Å². The number of aromatic amines is 1. The van der Waals surface area contributed by atoms with Crippen LogP contribution in [0.4, 0.5) is 0 Å². The van der Waals surface area contributed by atoms with Crippen molar-refractivity contribution in [1.29, 1.82) is 0 Å². The number of rotatable bonds is 2. The third-order valence-electron chi connectivity index (χ3n) is 2.91. The minimum absolute atomic E-state index is 0.655. The van der Waals surface area contributed by atoms with E-state index in [0.717, 1.165) is 11.9 Å². The predicted molar refractivity (Wildman–Crippen MR) is 66.4 cm³/mol. The van der Waals surface area contributed by atoms with Crippen LogP contribution in [0.2, 0.25) is 0 Å². The number of fused-ring (bicyclic) bond motifs is 2. The monoisotopic (exact) mass is 211 g/mol. The fraction of sp³-hybridized carbons (Fsp3) is 0.154. The van der Waals surface area contributed by atoms with Crippen LogP contribution in [0, 0.1) is 0 Å². The van der Waals surface area contributed by atoms with Crippen LogP contribution in [0.15, 0.2) is 36.7 Å². The van der Waals surface area contributed by atoms with Gasteiger partial charge in [-0.15, -0.1) is 0 Å². The normalized spacial score (nSPS) is 11.3. The van der Waals surface area contributed by atoms with Gasteiger partial charge in [-0.25, -0.2) is 0 Å². The second-order valence-electron chi connectivity index (χ2n) is 3.94. The number of nitrogens with one attached hydrogen (secondary N) is 1. The first kappa shape index (κ1) is 9.36. The van der Waals surface area contributed by atoms with E-state index in [-0.39, 0.29) is 0 Å². The molecule has 0 spiro atoms. The van der Waals surface area contributed by atoms with Crippen molar-refractivity contribution < 1.29 is 0 Å². The molecule has 0 radical (unpaired) electrons. The SMILES string of the molecule is NCCc1[nH]ccc2cc3ccnc3cc12. The van der Waals surface area contributed by atoms with Gasteiger partial charge in [-0.2, -0.15) is 0 Å². The molecular weight excluding hydrogens is 198 g/mol. The van der Waals surface area contributed by atoms with Gasteiger partial charge in [0.25, 0.3) is 0 Å². The summed E-state index contributed by atoms with van der Waals surface area (Å²) in [4.78, 5) is 7.59. The van der Waals surface area contributed by atoms with Crippen molar-refractivity contribution in [2.24, 2.45) is 5.73 Å². The van der Waals surface area contributed by atoms with Gasteiger partial charge in [-0.1, -0.05) is 0 Å². The van der Waals surface area contributed by atoms with Gasteiger partial charge in [0.05, 0.1) is 5.52 Å². The quantitative estimate of drug-likeness (QED) is 0.682. The predicted octanol–water partition coefficient (Wildman–Crippen LogP) is 2.22. The van der Waals surface area contributed by atoms with Crippen molar-refractivity contribution in [3.05, 3.63) is 42.4 Å². The minimum atomic E-state index is 0.655. The van der Waals surface area contributed by atoms with E-state index in [2.05, 4.69) is 28.2 Å². The van der Waals surface area contributed by atoms with Crippen molar-refractivity contribution in [3.8, 4) is 0 Å². The van der Waals surface area contributed by atoms with Gasteiger partial charge in [-0.3, -0.25) is 4.98 Å². The molecule has 0 saturated carbocycles. The second kappa shape index (κ2) is 3.61. The molecule has 0 aliphatic rings. The van der Waals surface area contributed by atoms with Gasteiger partial charge in [0.2, 0.25) is 0 Å². The average molecular weight is 211 g/mol. The fourth-order valence-corrected chi connectivity index (χ4v) is 2.13. The lowest BCUT2D eigenvalue weighted by Crippen LogP contribution is -2.04. The summed E-state index contributed by atoms with van der Waals surface area (Å²) >= 11 is 0. The Bertz CT molecular complexity index is 640. The zero-order valence-corrected chi connectivity index (χ0v) is 8.90. The molecule has 0 saturated heterocycles. The van der Waals surface area contributed by atoms with Gasteiger partial charge in [0.15, 0.2) is 0 Å². The Hall–Kier alpha value is -1.87. The van der Waals surface area contributed by atoms with E-state index >= 15 is 0 Å². The largest absolute Gasteiger partial charge is 0.364 e. The summed E-state index contributed by atoms with van der Waals surface area (Å²) in [5.41, 5.74) is 7.84. The molecule has 2 heterocycles. The Morgan fingerprint density at radius 2 is 2.12 bits per heavy atom. The average Bonchev–Trinajstić information content (AvgIpc) is 2.74. The lowest BCUT2D eigenvalue weighted by atomic mass is 10.1. The Balaban J connectivity index is 2.35. The molecule has 0 atom stereocenters. The van der Waals surface area contributed by atoms with Crippen LogP contribution in [0.25, 0.3) is 21.7 Å². The van der Waals surface area contributed by atoms with E-state index < -0.39 is 0 Å². The molecule has 0 bridgehead atoms. The van der Waals surface area contributed by atoms with Crippen molar-refractivity contribution >= 4 is 21.7 Å². The highest BCUT2D eigenvalue weighted by atomic mass is 14.7. The standard InChI is InChI=1S/C13H13N3/c14-4-1-12-11-8-13-10(3-6-16-13)7-9(11)2-5-15-12/h2-3,5-8,15H,1,4,14H2. The van der Waals surface area contributed by atoms with E-state index in [1.54, 1.807) is 0 Å². The van der Waals surface area contributed by atoms with Crippen molar-refractivity contribution in [2.75, 3.05) is 6.54 Å². The summed E-state index contributed by atoms with van der Waals surface area (Å²) in [6, 6.07) is 8.42. The molecule has 3 heteroatoms. The molecule has 80 valence electrons. The van der Waals surface area contributed by atoms with Crippen LogP contribution in [-0.4, -0.2) is 16.5 Å². The molecule has 3 N–H and O–H groups in total. The summed E-state index contributed by atoms with van der Waals surface area (Å²) in [5, 5.41) is 3.65. The second-order valence-corrected chi connectivity index (χ2v) is 3.94. The molecule has 16 heavy (non-hydrogen) atoms. The smallest absolute Gasteiger partial charge is 0.0709 e. The first-order chi connectivity index (χ1) is 7.88. The number of benzene rings is 1. The zero-order valence-electron chi connectivity index (χ0n) is 8.90. The molecular formula is C13H13N3. The third kappa shape index (κ3) is 1.37. The Labute approximate surface area is 93.3 Å². The van der Waals surface area contributed by atoms with Gasteiger partial charge in [-0.05, 0) is 36.2 Å². The lowest BCUT2D eigenvalue weighted by Gasteiger charge is -2.05. The van der Waals surface area contributed by atoms with E-state index in [1.165, 1.54) is 21.9 Å². The fourth-order valence-electron chi connectivity index (χ4n) is 2.13. The van der Waals surface area contributed by atoms with E-state index in [1.807, 2.05) is 18.5 Å². The summed E-state index contributed by atoms with van der Waals surface area (Å²) in [7, 11) is 0. The highest BCUT2D eigenvalue weighted by Crippen LogP contribution is 2.23. The van der Waals surface area contributed by atoms with Crippen LogP contribution in [0.3, 0.4) is 0 Å². The first-order valence-corrected chi connectivity index (χ1v) is 5.43. The number of H-pyrrole nitrogens is 1. The highest BCUT2D eigenvalue weighted by Gasteiger charge is 2.03. The van der Waals surface area contributed by atoms with Crippen molar-refractivity contribution in [1.82, 2.24) is 9.97 Å². The topological polar surface area (TPSA) is 54.7 Å². The molecule has 0 unspecified atom stereocenters. The van der Waals surface area contributed by atoms with Crippen molar-refractivity contribution in [2.45, 2.75) is 6.42 Å². The maximum absolute atomic E-state index is 5.61. The number of pyridine rings is 1. The van der Waals surface area contributed by atoms with Gasteiger partial charge < -0.3 is 10.7 Å². The summed E-state index contributed by atoms with van der Waals surface area (Å²) in [6.45, 7) is 0.655. The van der Waals surface area contributed by atoms with Crippen LogP contribution < -0.4 is 5.73 Å². The summed E-state index contributed by atoms with van der Waals surface area (Å²) < 4.78 is 0. The summed E-state index contributed by atoms with van der Waals surface area (Å²) in [6.07, 6.45) is 4.68. The molecule has 3 rings (SSSR count). The van der Waals surface area contributed by atoms with Gasteiger partial charge in [0, 0.05) is 35.3 Å². The molecule has 0 aliphatic carbocycles. The minimum Gasteiger partial charge on any atom is -0.364 e. The number of nitrogens with zero attached hydrogens (tertiary/aromatic N) is 1. The molecule has 0 amide bonds. The van der Waals surface area contributed by atoms with Crippen LogP contribution in [-0.2, 0) is 6.42 Å². The van der Waals surface area contributed by atoms with Crippen molar-refractivity contribution in [3.63, 3.8) is 0 Å². The van der Waals surface area contributed by atoms with Crippen LogP contribution in [0.5, 0.6) is 0 Å². The zero-order chi connectivity index (χ0) is 11.0. The Morgan fingerprint density at radius 1 is 1.19 bits per heavy atom. The van der Waals surface area contributed by atoms with Crippen LogP contribution >= 0.6 is 0 Å². The summed E-state index contributed by atoms with van der Waals surface area (Å²) in [5.74, 6) is 0. The molecule has 2 aromatic heterocycles. The molecule has 3 aromatic rings. The van der Waals surface area contributed by atoms with Gasteiger partial charge in [0.1, 0.15) is 0 Å².